The van der Waals surface area contributed by atoms with Gasteiger partial charge in [-0.3, -0.25) is 9.56 Å². The quantitative estimate of drug-likeness (QED) is 0.392. The number of aromatic nitrogens is 2. The van der Waals surface area contributed by atoms with Crippen LogP contribution >= 0.6 is 11.6 Å². The highest BCUT2D eigenvalue weighted by atomic mass is 35.5. The third-order valence-corrected chi connectivity index (χ3v) is 4.63. The van der Waals surface area contributed by atoms with Crippen molar-refractivity contribution in [1.82, 2.24) is 9.55 Å². The summed E-state index contributed by atoms with van der Waals surface area (Å²) >= 11 is 6.27. The number of hydrogen-bond acceptors (Lipinski definition) is 5. The normalized spacial score (nSPS) is 12.8. The molecule has 8 heteroatoms. The number of allylic oxidation sites excluding steroid dienone is 2. The van der Waals surface area contributed by atoms with Gasteiger partial charge in [-0.2, -0.15) is 0 Å². The van der Waals surface area contributed by atoms with Gasteiger partial charge in [0.25, 0.3) is 0 Å². The monoisotopic (exact) mass is 414 g/mol. The summed E-state index contributed by atoms with van der Waals surface area (Å²) < 4.78 is 20.3. The summed E-state index contributed by atoms with van der Waals surface area (Å²) in [6.07, 6.45) is 1.59. The first-order valence-corrected chi connectivity index (χ1v) is 9.28. The number of esters is 1. The highest BCUT2D eigenvalue weighted by Crippen LogP contribution is 2.29. The van der Waals surface area contributed by atoms with E-state index in [1.807, 2.05) is 0 Å². The number of benzene rings is 2. The summed E-state index contributed by atoms with van der Waals surface area (Å²) in [4.78, 5) is 20.8. The summed E-state index contributed by atoms with van der Waals surface area (Å²) in [5, 5.41) is 0.222. The molecule has 0 unspecified atom stereocenters. The SMILES string of the molecule is CCOC(=O)c1ccc2c(c1)ncn2C(=NC)C(=C(C)N)c1ccc(F)cc1Cl. The van der Waals surface area contributed by atoms with E-state index in [-0.39, 0.29) is 5.02 Å². The Morgan fingerprint density at radius 3 is 2.69 bits per heavy atom. The molecule has 0 aliphatic carbocycles. The average Bonchev–Trinajstić information content (AvgIpc) is 3.09. The molecular weight excluding hydrogens is 395 g/mol. The molecule has 6 nitrogen and oxygen atoms in total. The Morgan fingerprint density at radius 2 is 2.07 bits per heavy atom. The third-order valence-electron chi connectivity index (χ3n) is 4.32. The number of hydrogen-bond donors (Lipinski definition) is 1. The van der Waals surface area contributed by atoms with Crippen LogP contribution in [0.3, 0.4) is 0 Å². The summed E-state index contributed by atoms with van der Waals surface area (Å²) in [6.45, 7) is 3.76. The zero-order valence-electron chi connectivity index (χ0n) is 16.2. The molecule has 0 radical (unpaired) electrons. The van der Waals surface area contributed by atoms with Crippen molar-refractivity contribution in [3.63, 3.8) is 0 Å². The molecule has 0 bridgehead atoms. The van der Waals surface area contributed by atoms with Crippen LogP contribution in [0.15, 0.2) is 53.4 Å². The Balaban J connectivity index is 2.13. The van der Waals surface area contributed by atoms with Crippen LogP contribution in [0.5, 0.6) is 0 Å². The molecule has 29 heavy (non-hydrogen) atoms. The van der Waals surface area contributed by atoms with E-state index in [4.69, 9.17) is 22.1 Å². The zero-order valence-corrected chi connectivity index (χ0v) is 17.0. The number of carbonyl (C=O) groups is 1. The molecule has 0 amide bonds. The molecule has 0 spiro atoms. The number of aliphatic imine (C=N–C) groups is 1. The molecule has 0 saturated carbocycles. The van der Waals surface area contributed by atoms with E-state index in [1.54, 1.807) is 56.1 Å². The van der Waals surface area contributed by atoms with Crippen LogP contribution in [-0.2, 0) is 4.74 Å². The van der Waals surface area contributed by atoms with Gasteiger partial charge in [-0.05, 0) is 50.2 Å². The van der Waals surface area contributed by atoms with Crippen LogP contribution < -0.4 is 5.73 Å². The molecule has 0 aliphatic heterocycles. The number of carbonyl (C=O) groups excluding carboxylic acids is 1. The van der Waals surface area contributed by atoms with Gasteiger partial charge in [0.2, 0.25) is 0 Å². The minimum absolute atomic E-state index is 0.222. The lowest BCUT2D eigenvalue weighted by Gasteiger charge is -2.16. The van der Waals surface area contributed by atoms with Crippen LogP contribution in [-0.4, -0.2) is 35.0 Å². The highest BCUT2D eigenvalue weighted by molar-refractivity contribution is 6.36. The summed E-state index contributed by atoms with van der Waals surface area (Å²) in [5.74, 6) is -0.364. The number of halogens is 2. The molecule has 0 saturated heterocycles. The fourth-order valence-corrected chi connectivity index (χ4v) is 3.33. The molecule has 0 atom stereocenters. The van der Waals surface area contributed by atoms with Gasteiger partial charge < -0.3 is 10.5 Å². The first-order valence-electron chi connectivity index (χ1n) is 8.90. The number of nitrogens with zero attached hydrogens (tertiary/aromatic N) is 3. The summed E-state index contributed by atoms with van der Waals surface area (Å²) in [6, 6.07) is 9.18. The number of ether oxygens (including phenoxy) is 1. The molecule has 1 heterocycles. The molecule has 2 N–H and O–H groups in total. The Morgan fingerprint density at radius 1 is 1.31 bits per heavy atom. The lowest BCUT2D eigenvalue weighted by atomic mass is 10.0. The second kappa shape index (κ2) is 8.45. The molecule has 3 aromatic rings. The molecule has 0 fully saturated rings. The number of rotatable bonds is 4. The summed E-state index contributed by atoms with van der Waals surface area (Å²) in [7, 11) is 1.62. The van der Waals surface area contributed by atoms with Crippen LogP contribution in [0.25, 0.3) is 16.6 Å². The second-order valence-corrected chi connectivity index (χ2v) is 6.68. The average molecular weight is 415 g/mol. The van der Waals surface area contributed by atoms with E-state index < -0.39 is 11.8 Å². The van der Waals surface area contributed by atoms with Crippen LogP contribution in [0.4, 0.5) is 4.39 Å². The van der Waals surface area contributed by atoms with Crippen LogP contribution in [0.1, 0.15) is 29.8 Å². The van der Waals surface area contributed by atoms with Crippen molar-refractivity contribution in [3.05, 3.63) is 70.4 Å². The third kappa shape index (κ3) is 4.00. The topological polar surface area (TPSA) is 82.5 Å². The fourth-order valence-electron chi connectivity index (χ4n) is 3.06. The predicted molar refractivity (Wildman–Crippen MR) is 113 cm³/mol. The van der Waals surface area contributed by atoms with Gasteiger partial charge in [-0.15, -0.1) is 0 Å². The van der Waals surface area contributed by atoms with Gasteiger partial charge in [0.15, 0.2) is 0 Å². The molecule has 1 aromatic heterocycles. The smallest absolute Gasteiger partial charge is 0.338 e. The molecular formula is C21H20ClFN4O2. The van der Waals surface area contributed by atoms with E-state index in [1.165, 1.54) is 12.1 Å². The van der Waals surface area contributed by atoms with Crippen LogP contribution in [0.2, 0.25) is 5.02 Å². The first-order chi connectivity index (χ1) is 13.9. The largest absolute Gasteiger partial charge is 0.462 e. The minimum Gasteiger partial charge on any atom is -0.462 e. The Labute approximate surface area is 172 Å². The number of imidazole rings is 1. The molecule has 2 aromatic carbocycles. The van der Waals surface area contributed by atoms with Crippen molar-refractivity contribution < 1.29 is 13.9 Å². The maximum absolute atomic E-state index is 13.5. The maximum atomic E-state index is 13.5. The number of fused-ring (bicyclic) bond motifs is 1. The van der Waals surface area contributed by atoms with Gasteiger partial charge >= 0.3 is 5.97 Å². The fraction of sp³-hybridized carbons (Fsp3) is 0.190. The van der Waals surface area contributed by atoms with Gasteiger partial charge in [0.1, 0.15) is 18.0 Å². The van der Waals surface area contributed by atoms with E-state index >= 15 is 0 Å². The standard InChI is InChI=1S/C21H20ClFN4O2/c1-4-29-21(28)13-5-8-18-17(9-13)26-11-27(18)20(25-3)19(12(2)24)15-7-6-14(23)10-16(15)22/h5-11H,4,24H2,1-3H3. The molecule has 0 aliphatic rings. The Kier molecular flexibility index (Phi) is 5.98. The van der Waals surface area contributed by atoms with Crippen molar-refractivity contribution >= 4 is 40.0 Å². The predicted octanol–water partition coefficient (Wildman–Crippen LogP) is 4.27. The summed E-state index contributed by atoms with van der Waals surface area (Å²) in [5.41, 5.74) is 9.45. The van der Waals surface area contributed by atoms with E-state index in [0.29, 0.717) is 40.4 Å². The van der Waals surface area contributed by atoms with Gasteiger partial charge in [0.05, 0.1) is 28.2 Å². The van der Waals surface area contributed by atoms with Gasteiger partial charge in [0, 0.05) is 23.9 Å². The molecule has 3 rings (SSSR count). The van der Waals surface area contributed by atoms with Crippen molar-refractivity contribution in [2.75, 3.05) is 13.7 Å². The van der Waals surface area contributed by atoms with Crippen molar-refractivity contribution in [1.29, 1.82) is 0 Å². The zero-order chi connectivity index (χ0) is 21.1. The minimum atomic E-state index is -0.442. The van der Waals surface area contributed by atoms with E-state index in [9.17, 15) is 9.18 Å². The van der Waals surface area contributed by atoms with E-state index in [2.05, 4.69) is 9.98 Å². The van der Waals surface area contributed by atoms with Crippen molar-refractivity contribution in [2.45, 2.75) is 13.8 Å². The maximum Gasteiger partial charge on any atom is 0.338 e. The van der Waals surface area contributed by atoms with Crippen molar-refractivity contribution in [3.8, 4) is 0 Å². The van der Waals surface area contributed by atoms with Crippen LogP contribution in [0, 0.1) is 5.82 Å². The number of nitrogens with two attached hydrogens (primary N) is 1. The van der Waals surface area contributed by atoms with E-state index in [0.717, 1.165) is 5.52 Å². The lowest BCUT2D eigenvalue weighted by molar-refractivity contribution is 0.0526. The first kappa shape index (κ1) is 20.5. The Hall–Kier alpha value is -3.19. The lowest BCUT2D eigenvalue weighted by Crippen LogP contribution is -2.17. The van der Waals surface area contributed by atoms with Gasteiger partial charge in [-0.25, -0.2) is 14.2 Å². The van der Waals surface area contributed by atoms with Gasteiger partial charge in [-0.1, -0.05) is 11.6 Å². The second-order valence-electron chi connectivity index (χ2n) is 6.27. The Bertz CT molecular complexity index is 1150. The molecule has 150 valence electrons. The highest BCUT2D eigenvalue weighted by Gasteiger charge is 2.20. The van der Waals surface area contributed by atoms with Crippen molar-refractivity contribution in [2.24, 2.45) is 10.7 Å².